The molecule has 0 atom stereocenters. The van der Waals surface area contributed by atoms with Crippen molar-refractivity contribution in [1.29, 1.82) is 0 Å². The lowest BCUT2D eigenvalue weighted by Crippen LogP contribution is -2.06. The average Bonchev–Trinajstić information content (AvgIpc) is 2.74. The molecule has 0 aliphatic heterocycles. The van der Waals surface area contributed by atoms with Crippen molar-refractivity contribution in [2.45, 2.75) is 39.5 Å². The molecule has 1 aromatic heterocycles. The minimum atomic E-state index is -0.333. The predicted molar refractivity (Wildman–Crippen MR) is 78.9 cm³/mol. The van der Waals surface area contributed by atoms with E-state index in [2.05, 4.69) is 0 Å². The van der Waals surface area contributed by atoms with E-state index in [1.807, 2.05) is 6.92 Å². The van der Waals surface area contributed by atoms with Crippen molar-refractivity contribution in [2.24, 2.45) is 0 Å². The highest BCUT2D eigenvalue weighted by atomic mass is 32.1. The Kier molecular flexibility index (Phi) is 7.08. The van der Waals surface area contributed by atoms with Crippen molar-refractivity contribution < 1.29 is 19.1 Å². The normalized spacial score (nSPS) is 10.3. The van der Waals surface area contributed by atoms with Crippen molar-refractivity contribution in [2.75, 3.05) is 18.9 Å². The first-order valence-electron chi connectivity index (χ1n) is 6.73. The molecular weight excluding hydrogens is 278 g/mol. The number of rotatable bonds is 8. The van der Waals surface area contributed by atoms with Crippen LogP contribution in [-0.4, -0.2) is 25.2 Å². The minimum absolute atomic E-state index is 0.172. The van der Waals surface area contributed by atoms with Crippen molar-refractivity contribution in [3.8, 4) is 0 Å². The highest BCUT2D eigenvalue weighted by Crippen LogP contribution is 2.24. The molecule has 0 saturated heterocycles. The number of carbonyl (C=O) groups excluding carboxylic acids is 2. The van der Waals surface area contributed by atoms with Crippen LogP contribution in [0.2, 0.25) is 0 Å². The lowest BCUT2D eigenvalue weighted by molar-refractivity contribution is -0.143. The first-order valence-corrected chi connectivity index (χ1v) is 7.55. The van der Waals surface area contributed by atoms with Gasteiger partial charge in [-0.3, -0.25) is 4.79 Å². The van der Waals surface area contributed by atoms with Crippen LogP contribution in [0.5, 0.6) is 0 Å². The summed E-state index contributed by atoms with van der Waals surface area (Å²) in [4.78, 5) is 24.2. The van der Waals surface area contributed by atoms with Gasteiger partial charge in [-0.2, -0.15) is 0 Å². The summed E-state index contributed by atoms with van der Waals surface area (Å²) >= 11 is 1.34. The summed E-state index contributed by atoms with van der Waals surface area (Å²) in [5.41, 5.74) is 6.31. The molecule has 20 heavy (non-hydrogen) atoms. The molecule has 0 saturated carbocycles. The van der Waals surface area contributed by atoms with Gasteiger partial charge >= 0.3 is 11.9 Å². The number of ether oxygens (including phenoxy) is 2. The van der Waals surface area contributed by atoms with Crippen LogP contribution < -0.4 is 5.73 Å². The van der Waals surface area contributed by atoms with Crippen LogP contribution in [0.15, 0.2) is 6.07 Å². The van der Waals surface area contributed by atoms with Crippen LogP contribution in [0.4, 0.5) is 5.69 Å². The molecule has 0 spiro atoms. The van der Waals surface area contributed by atoms with Crippen molar-refractivity contribution in [3.05, 3.63) is 15.8 Å². The molecule has 0 unspecified atom stereocenters. The number of esters is 2. The van der Waals surface area contributed by atoms with Crippen LogP contribution in [-0.2, 0) is 14.3 Å². The lowest BCUT2D eigenvalue weighted by Gasteiger charge is -2.03. The van der Waals surface area contributed by atoms with Gasteiger partial charge in [0.05, 0.1) is 13.2 Å². The second-order valence-corrected chi connectivity index (χ2v) is 5.63. The van der Waals surface area contributed by atoms with Gasteiger partial charge in [0, 0.05) is 17.0 Å². The minimum Gasteiger partial charge on any atom is -0.466 e. The van der Waals surface area contributed by atoms with Gasteiger partial charge in [-0.25, -0.2) is 4.79 Å². The number of hydrogen-bond acceptors (Lipinski definition) is 6. The van der Waals surface area contributed by atoms with Crippen molar-refractivity contribution in [1.82, 2.24) is 0 Å². The third-order valence-corrected chi connectivity index (χ3v) is 3.77. The van der Waals surface area contributed by atoms with Gasteiger partial charge in [0.25, 0.3) is 0 Å². The number of nitrogen functional groups attached to an aromatic ring is 1. The van der Waals surface area contributed by atoms with E-state index >= 15 is 0 Å². The highest BCUT2D eigenvalue weighted by Gasteiger charge is 2.12. The fraction of sp³-hybridized carbons (Fsp3) is 0.571. The molecule has 2 N–H and O–H groups in total. The zero-order valence-electron chi connectivity index (χ0n) is 11.9. The maximum atomic E-state index is 11.7. The molecule has 0 aliphatic rings. The molecule has 0 aromatic carbocycles. The Bertz CT molecular complexity index is 437. The Balaban J connectivity index is 2.12. The van der Waals surface area contributed by atoms with E-state index < -0.39 is 0 Å². The number of thiophene rings is 1. The Morgan fingerprint density at radius 3 is 2.60 bits per heavy atom. The number of hydrogen-bond donors (Lipinski definition) is 1. The largest absolute Gasteiger partial charge is 0.466 e. The van der Waals surface area contributed by atoms with E-state index in [0.29, 0.717) is 30.2 Å². The number of nitrogens with two attached hydrogens (primary N) is 1. The molecule has 0 fully saturated rings. The Morgan fingerprint density at radius 2 is 2.00 bits per heavy atom. The second kappa shape index (κ2) is 8.58. The summed E-state index contributed by atoms with van der Waals surface area (Å²) in [6.07, 6.45) is 2.74. The van der Waals surface area contributed by atoms with Crippen LogP contribution >= 0.6 is 11.3 Å². The number of anilines is 1. The second-order valence-electron chi connectivity index (χ2n) is 4.37. The Morgan fingerprint density at radius 1 is 1.25 bits per heavy atom. The quantitative estimate of drug-likeness (QED) is 0.590. The molecule has 0 amide bonds. The molecule has 1 aromatic rings. The summed E-state index contributed by atoms with van der Waals surface area (Å²) in [6, 6.07) is 1.64. The van der Waals surface area contributed by atoms with E-state index in [4.69, 9.17) is 15.2 Å². The zero-order chi connectivity index (χ0) is 15.0. The maximum absolute atomic E-state index is 11.7. The first kappa shape index (κ1) is 16.5. The highest BCUT2D eigenvalue weighted by molar-refractivity contribution is 7.14. The third kappa shape index (κ3) is 5.61. The van der Waals surface area contributed by atoms with E-state index in [-0.39, 0.29) is 11.9 Å². The van der Waals surface area contributed by atoms with Crippen LogP contribution in [0.1, 0.15) is 47.2 Å². The Hall–Kier alpha value is -1.56. The fourth-order valence-corrected chi connectivity index (χ4v) is 2.45. The first-order chi connectivity index (χ1) is 9.54. The van der Waals surface area contributed by atoms with Crippen LogP contribution in [0.3, 0.4) is 0 Å². The van der Waals surface area contributed by atoms with Crippen LogP contribution in [0.25, 0.3) is 0 Å². The van der Waals surface area contributed by atoms with E-state index in [1.165, 1.54) is 11.3 Å². The number of unbranched alkanes of at least 4 members (excludes halogenated alkanes) is 2. The molecule has 0 aliphatic carbocycles. The SMILES string of the molecule is CCOC(=O)CCCCCOC(=O)c1cc(N)c(C)s1. The monoisotopic (exact) mass is 299 g/mol. The maximum Gasteiger partial charge on any atom is 0.348 e. The molecule has 1 rings (SSSR count). The van der Waals surface area contributed by atoms with E-state index in [1.54, 1.807) is 13.0 Å². The lowest BCUT2D eigenvalue weighted by atomic mass is 10.2. The molecular formula is C14H21NO4S. The summed E-state index contributed by atoms with van der Waals surface area (Å²) in [7, 11) is 0. The molecule has 0 radical (unpaired) electrons. The van der Waals surface area contributed by atoms with Gasteiger partial charge in [-0.1, -0.05) is 0 Å². The van der Waals surface area contributed by atoms with E-state index in [9.17, 15) is 9.59 Å². The fourth-order valence-electron chi connectivity index (χ4n) is 1.61. The summed E-state index contributed by atoms with van der Waals surface area (Å²) < 4.78 is 9.97. The molecule has 112 valence electrons. The smallest absolute Gasteiger partial charge is 0.348 e. The van der Waals surface area contributed by atoms with Gasteiger partial charge in [0.2, 0.25) is 0 Å². The standard InChI is InChI=1S/C14H21NO4S/c1-3-18-13(16)7-5-4-6-8-19-14(17)12-9-11(15)10(2)20-12/h9H,3-8,15H2,1-2H3. The summed E-state index contributed by atoms with van der Waals surface area (Å²) in [5.74, 6) is -0.505. The molecule has 1 heterocycles. The van der Waals surface area contributed by atoms with Gasteiger partial charge in [-0.15, -0.1) is 11.3 Å². The Labute approximate surface area is 123 Å². The summed E-state index contributed by atoms with van der Waals surface area (Å²) in [5, 5.41) is 0. The summed E-state index contributed by atoms with van der Waals surface area (Å²) in [6.45, 7) is 4.43. The van der Waals surface area contributed by atoms with Gasteiger partial charge in [-0.05, 0) is 39.2 Å². The van der Waals surface area contributed by atoms with Gasteiger partial charge in [0.1, 0.15) is 4.88 Å². The molecule has 6 heteroatoms. The average molecular weight is 299 g/mol. The molecule has 0 bridgehead atoms. The topological polar surface area (TPSA) is 78.6 Å². The molecule has 5 nitrogen and oxygen atoms in total. The van der Waals surface area contributed by atoms with E-state index in [0.717, 1.165) is 24.1 Å². The number of carbonyl (C=O) groups is 2. The van der Waals surface area contributed by atoms with Crippen LogP contribution in [0, 0.1) is 6.92 Å². The predicted octanol–water partition coefficient (Wildman–Crippen LogP) is 2.92. The van der Waals surface area contributed by atoms with Crippen molar-refractivity contribution >= 4 is 29.0 Å². The van der Waals surface area contributed by atoms with Crippen molar-refractivity contribution in [3.63, 3.8) is 0 Å². The van der Waals surface area contributed by atoms with Gasteiger partial charge in [0.15, 0.2) is 0 Å². The van der Waals surface area contributed by atoms with Gasteiger partial charge < -0.3 is 15.2 Å². The number of aryl methyl sites for hydroxylation is 1. The third-order valence-electron chi connectivity index (χ3n) is 2.72. The zero-order valence-corrected chi connectivity index (χ0v) is 12.8.